The molecule has 0 radical (unpaired) electrons. The second-order valence-corrected chi connectivity index (χ2v) is 5.43. The first-order valence-electron chi connectivity index (χ1n) is 6.59. The van der Waals surface area contributed by atoms with E-state index < -0.39 is 0 Å². The number of aromatic nitrogens is 5. The predicted octanol–water partition coefficient (Wildman–Crippen LogP) is 2.71. The third kappa shape index (κ3) is 2.29. The Labute approximate surface area is 122 Å². The van der Waals surface area contributed by atoms with Crippen LogP contribution in [0.25, 0.3) is 11.2 Å². The molecule has 0 aliphatic rings. The van der Waals surface area contributed by atoms with Crippen LogP contribution in [0.5, 0.6) is 0 Å². The van der Waals surface area contributed by atoms with Gasteiger partial charge in [-0.1, -0.05) is 0 Å². The summed E-state index contributed by atoms with van der Waals surface area (Å²) < 4.78 is 3.98. The summed E-state index contributed by atoms with van der Waals surface area (Å²) in [5.74, 6) is 0.863. The molecule has 5 nitrogen and oxygen atoms in total. The number of aryl methyl sites for hydroxylation is 3. The van der Waals surface area contributed by atoms with Gasteiger partial charge in [-0.3, -0.25) is 4.68 Å². The second kappa shape index (κ2) is 5.25. The lowest BCUT2D eigenvalue weighted by Gasteiger charge is -2.10. The fraction of sp³-hybridized carbons (Fsp3) is 0.357. The van der Waals surface area contributed by atoms with Crippen molar-refractivity contribution >= 4 is 22.8 Å². The van der Waals surface area contributed by atoms with Crippen LogP contribution in [0.2, 0.25) is 0 Å². The van der Waals surface area contributed by atoms with Crippen molar-refractivity contribution in [3.05, 3.63) is 42.1 Å². The van der Waals surface area contributed by atoms with E-state index in [-0.39, 0.29) is 5.38 Å². The van der Waals surface area contributed by atoms with Crippen molar-refractivity contribution in [3.63, 3.8) is 0 Å². The molecule has 0 bridgehead atoms. The summed E-state index contributed by atoms with van der Waals surface area (Å²) in [6, 6.07) is 5.88. The van der Waals surface area contributed by atoms with Gasteiger partial charge in [0.15, 0.2) is 5.65 Å². The molecule has 0 saturated carbocycles. The average molecular weight is 290 g/mol. The Morgan fingerprint density at radius 1 is 1.30 bits per heavy atom. The zero-order valence-corrected chi connectivity index (χ0v) is 12.2. The smallest absolute Gasteiger partial charge is 0.160 e. The maximum atomic E-state index is 6.24. The monoisotopic (exact) mass is 289 g/mol. The van der Waals surface area contributed by atoms with E-state index in [0.29, 0.717) is 0 Å². The number of rotatable bonds is 4. The maximum Gasteiger partial charge on any atom is 0.160 e. The fourth-order valence-corrected chi connectivity index (χ4v) is 2.54. The van der Waals surface area contributed by atoms with Gasteiger partial charge in [-0.15, -0.1) is 11.6 Å². The average Bonchev–Trinajstić information content (AvgIpc) is 3.00. The molecule has 0 saturated heterocycles. The maximum absolute atomic E-state index is 6.24. The number of alkyl halides is 1. The van der Waals surface area contributed by atoms with Crippen molar-refractivity contribution in [2.75, 3.05) is 0 Å². The lowest BCUT2D eigenvalue weighted by Crippen LogP contribution is -2.09. The zero-order chi connectivity index (χ0) is 14.1. The summed E-state index contributed by atoms with van der Waals surface area (Å²) in [7, 11) is 1.95. The Balaban J connectivity index is 1.97. The molecule has 20 heavy (non-hydrogen) atoms. The lowest BCUT2D eigenvalue weighted by atomic mass is 10.3. The Kier molecular flexibility index (Phi) is 3.44. The first-order valence-corrected chi connectivity index (χ1v) is 7.02. The Hall–Kier alpha value is -1.88. The molecular formula is C14H16ClN5. The first-order chi connectivity index (χ1) is 9.66. The van der Waals surface area contributed by atoms with Crippen LogP contribution in [-0.4, -0.2) is 24.3 Å². The minimum absolute atomic E-state index is 0.143. The van der Waals surface area contributed by atoms with Crippen molar-refractivity contribution < 1.29 is 0 Å². The molecule has 3 aromatic heterocycles. The molecular weight excluding hydrogens is 274 g/mol. The van der Waals surface area contributed by atoms with Crippen LogP contribution >= 0.6 is 11.6 Å². The summed E-state index contributed by atoms with van der Waals surface area (Å²) >= 11 is 6.24. The van der Waals surface area contributed by atoms with Crippen molar-refractivity contribution in [3.8, 4) is 0 Å². The van der Waals surface area contributed by atoms with Crippen LogP contribution in [0.15, 0.2) is 30.6 Å². The Bertz CT molecular complexity index is 728. The molecule has 0 aliphatic heterocycles. The quantitative estimate of drug-likeness (QED) is 0.694. The van der Waals surface area contributed by atoms with Gasteiger partial charge in [0.25, 0.3) is 0 Å². The highest BCUT2D eigenvalue weighted by atomic mass is 35.5. The SMILES string of the molecule is CC(Cl)c1nc2cccnc2n1CCc1ccnn1C. The largest absolute Gasteiger partial charge is 0.311 e. The number of hydrogen-bond acceptors (Lipinski definition) is 3. The molecule has 3 heterocycles. The highest BCUT2D eigenvalue weighted by Gasteiger charge is 2.15. The summed E-state index contributed by atoms with van der Waals surface area (Å²) in [5, 5.41) is 4.04. The molecule has 0 N–H and O–H groups in total. The minimum atomic E-state index is -0.143. The Morgan fingerprint density at radius 2 is 2.15 bits per heavy atom. The fourth-order valence-electron chi connectivity index (χ4n) is 2.37. The molecule has 0 aliphatic carbocycles. The molecule has 0 spiro atoms. The molecule has 0 amide bonds. The van der Waals surface area contributed by atoms with Gasteiger partial charge < -0.3 is 4.57 Å². The van der Waals surface area contributed by atoms with Crippen LogP contribution in [-0.2, 0) is 20.0 Å². The normalized spacial score (nSPS) is 12.9. The van der Waals surface area contributed by atoms with E-state index in [1.807, 2.05) is 43.0 Å². The molecule has 3 aromatic rings. The molecule has 1 unspecified atom stereocenters. The molecule has 6 heteroatoms. The predicted molar refractivity (Wildman–Crippen MR) is 78.7 cm³/mol. The number of imidazole rings is 1. The third-order valence-corrected chi connectivity index (χ3v) is 3.60. The van der Waals surface area contributed by atoms with Crippen LogP contribution in [0.4, 0.5) is 0 Å². The van der Waals surface area contributed by atoms with Crippen molar-refractivity contribution in [2.45, 2.75) is 25.3 Å². The highest BCUT2D eigenvalue weighted by molar-refractivity contribution is 6.20. The van der Waals surface area contributed by atoms with Crippen LogP contribution in [0.3, 0.4) is 0 Å². The molecule has 1 atom stereocenters. The van der Waals surface area contributed by atoms with Gasteiger partial charge in [0, 0.05) is 38.1 Å². The number of pyridine rings is 1. The van der Waals surface area contributed by atoms with E-state index in [2.05, 4.69) is 19.6 Å². The van der Waals surface area contributed by atoms with Crippen molar-refractivity contribution in [1.82, 2.24) is 24.3 Å². The topological polar surface area (TPSA) is 48.5 Å². The van der Waals surface area contributed by atoms with Crippen LogP contribution < -0.4 is 0 Å². The van der Waals surface area contributed by atoms with Gasteiger partial charge in [-0.2, -0.15) is 5.10 Å². The molecule has 104 valence electrons. The Morgan fingerprint density at radius 3 is 2.85 bits per heavy atom. The summed E-state index contributed by atoms with van der Waals surface area (Å²) in [6.45, 7) is 2.72. The first kappa shape index (κ1) is 13.1. The number of fused-ring (bicyclic) bond motifs is 1. The minimum Gasteiger partial charge on any atom is -0.311 e. The van der Waals surface area contributed by atoms with E-state index in [1.165, 1.54) is 5.69 Å². The standard InChI is InChI=1S/C14H16ClN5/c1-10(15)13-18-12-4-3-7-16-14(12)20(13)9-6-11-5-8-17-19(11)2/h3-5,7-8,10H,6,9H2,1-2H3. The summed E-state index contributed by atoms with van der Waals surface area (Å²) in [6.07, 6.45) is 4.47. The van der Waals surface area contributed by atoms with Gasteiger partial charge in [0.1, 0.15) is 11.3 Å². The molecule has 0 fully saturated rings. The molecule has 3 rings (SSSR count). The number of halogens is 1. The van der Waals surface area contributed by atoms with E-state index >= 15 is 0 Å². The van der Waals surface area contributed by atoms with E-state index in [0.717, 1.165) is 30.0 Å². The van der Waals surface area contributed by atoms with E-state index in [4.69, 9.17) is 11.6 Å². The third-order valence-electron chi connectivity index (χ3n) is 3.40. The number of nitrogens with zero attached hydrogens (tertiary/aromatic N) is 5. The number of hydrogen-bond donors (Lipinski definition) is 0. The molecule has 0 aromatic carbocycles. The summed E-state index contributed by atoms with van der Waals surface area (Å²) in [4.78, 5) is 9.01. The van der Waals surface area contributed by atoms with Gasteiger partial charge in [-0.05, 0) is 25.1 Å². The van der Waals surface area contributed by atoms with Crippen LogP contribution in [0, 0.1) is 0 Å². The van der Waals surface area contributed by atoms with Gasteiger partial charge in [0.05, 0.1) is 5.38 Å². The lowest BCUT2D eigenvalue weighted by molar-refractivity contribution is 0.621. The van der Waals surface area contributed by atoms with Gasteiger partial charge in [-0.25, -0.2) is 9.97 Å². The van der Waals surface area contributed by atoms with Gasteiger partial charge in [0.2, 0.25) is 0 Å². The second-order valence-electron chi connectivity index (χ2n) is 4.78. The van der Waals surface area contributed by atoms with Crippen molar-refractivity contribution in [2.24, 2.45) is 7.05 Å². The summed E-state index contributed by atoms with van der Waals surface area (Å²) in [5.41, 5.74) is 2.95. The van der Waals surface area contributed by atoms with Gasteiger partial charge >= 0.3 is 0 Å². The highest BCUT2D eigenvalue weighted by Crippen LogP contribution is 2.23. The van der Waals surface area contributed by atoms with E-state index in [1.54, 1.807) is 6.20 Å². The van der Waals surface area contributed by atoms with E-state index in [9.17, 15) is 0 Å². The van der Waals surface area contributed by atoms with Crippen molar-refractivity contribution in [1.29, 1.82) is 0 Å². The van der Waals surface area contributed by atoms with Crippen LogP contribution in [0.1, 0.15) is 23.8 Å². The zero-order valence-electron chi connectivity index (χ0n) is 11.5.